The Morgan fingerprint density at radius 3 is 2.25 bits per heavy atom. The highest BCUT2D eigenvalue weighted by Crippen LogP contribution is 1.40. The Morgan fingerprint density at radius 1 is 2.00 bits per heavy atom. The van der Waals surface area contributed by atoms with Crippen molar-refractivity contribution in [3.63, 3.8) is 0 Å². The van der Waals surface area contributed by atoms with Gasteiger partial charge < -0.3 is 4.80 Å². The van der Waals surface area contributed by atoms with Gasteiger partial charge in [0.1, 0.15) is 0 Å². The third-order valence-electron chi connectivity index (χ3n) is 0.0707. The van der Waals surface area contributed by atoms with Gasteiger partial charge >= 0.3 is 9.92 Å². The molecule has 24 valence electrons. The Hall–Kier alpha value is -0.223. The fourth-order valence-corrected chi connectivity index (χ4v) is 0. The molecule has 0 heterocycles. The van der Waals surface area contributed by atoms with Crippen molar-refractivity contribution in [1.29, 1.82) is 5.53 Å². The van der Waals surface area contributed by atoms with E-state index in [1.54, 1.807) is 0 Å². The van der Waals surface area contributed by atoms with Crippen molar-refractivity contribution in [3.05, 3.63) is 0 Å². The first-order chi connectivity index (χ1) is 1.91. The fourth-order valence-electron chi connectivity index (χ4n) is 0. The number of nitrogens with zero attached hydrogens (tertiary/aromatic N) is 1. The zero-order valence-electron chi connectivity index (χ0n) is 2.10. The van der Waals surface area contributed by atoms with Gasteiger partial charge in [0.25, 0.3) is 0 Å². The molecule has 0 atom stereocenters. The topological polar surface area (TPSA) is 56.4 Å². The minimum atomic E-state index is -1.28. The normalized spacial score (nSPS) is 9.25. The molecule has 0 radical (unpaired) electrons. The summed E-state index contributed by atoms with van der Waals surface area (Å²) in [6.45, 7) is 0. The molecule has 2 N–H and O–H groups in total. The van der Waals surface area contributed by atoms with Crippen LogP contribution in [0.1, 0.15) is 0 Å². The van der Waals surface area contributed by atoms with Gasteiger partial charge in [0.15, 0.2) is 0 Å². The molecule has 0 fully saturated rings. The molecule has 0 bridgehead atoms. The molecule has 0 aliphatic heterocycles. The van der Waals surface area contributed by atoms with E-state index in [0.29, 0.717) is 0 Å². The van der Waals surface area contributed by atoms with E-state index in [0.717, 1.165) is 0 Å². The van der Waals surface area contributed by atoms with Crippen molar-refractivity contribution in [2.75, 3.05) is 0 Å². The third kappa shape index (κ3) is 1.78. The van der Waals surface area contributed by atoms with E-state index in [4.69, 9.17) is 10.3 Å². The van der Waals surface area contributed by atoms with Gasteiger partial charge in [0.05, 0.1) is 0 Å². The van der Waals surface area contributed by atoms with E-state index in [1.807, 2.05) is 0 Å². The Morgan fingerprint density at radius 2 is 2.25 bits per heavy atom. The molecule has 0 aromatic rings. The smallest absolute Gasteiger partial charge is 0.310 e. The van der Waals surface area contributed by atoms with E-state index in [-0.39, 0.29) is 0 Å². The highest BCUT2D eigenvalue weighted by molar-refractivity contribution is 6.21. The van der Waals surface area contributed by atoms with Crippen LogP contribution in [-0.2, 0) is 0 Å². The number of rotatable bonds is 1. The zero-order chi connectivity index (χ0) is 3.41. The first-order valence-corrected chi connectivity index (χ1v) is 2.12. The van der Waals surface area contributed by atoms with Crippen LogP contribution in [0, 0.1) is 5.53 Å². The minimum absolute atomic E-state index is 1.28. The van der Waals surface area contributed by atoms with Gasteiger partial charge in [-0.15, -0.1) is 0 Å². The summed E-state index contributed by atoms with van der Waals surface area (Å²) in [5.74, 6) is 0. The Kier molecular flexibility index (Phi) is 2.62. The summed E-state index contributed by atoms with van der Waals surface area (Å²) >= 11 is 0. The first kappa shape index (κ1) is 3.78. The van der Waals surface area contributed by atoms with Gasteiger partial charge in [-0.2, -0.15) is 0 Å². The highest BCUT2D eigenvalue weighted by Gasteiger charge is 1.52. The average molecular weight is 76.1 g/mol. The van der Waals surface area contributed by atoms with Gasteiger partial charge in [0.2, 0.25) is 0 Å². The lowest BCUT2D eigenvalue weighted by Gasteiger charge is -1.57. The van der Waals surface area contributed by atoms with Crippen LogP contribution in [-0.4, -0.2) is 14.7 Å². The molecule has 4 heavy (non-hydrogen) atoms. The molecule has 0 rings (SSSR count). The average Bonchev–Trinajstić information content (AvgIpc) is 1.37. The molecule has 0 saturated carbocycles. The summed E-state index contributed by atoms with van der Waals surface area (Å²) in [5, 5.41) is 0. The van der Waals surface area contributed by atoms with Gasteiger partial charge in [-0.05, 0) is 0 Å². The lowest BCUT2D eigenvalue weighted by atomic mass is 13.3. The van der Waals surface area contributed by atoms with Gasteiger partial charge in [-0.1, -0.05) is 0 Å². The number of nitrogens with one attached hydrogen (secondary N) is 1. The maximum absolute atomic E-state index is 7.66. The minimum Gasteiger partial charge on any atom is -0.418 e. The molecule has 3 nitrogen and oxygen atoms in total. The molecule has 0 aliphatic rings. The second kappa shape index (κ2) is 2.78. The SMILES string of the molecule is N=N[SiH2]O. The second-order valence-electron chi connectivity index (χ2n) is 0.300. The lowest BCUT2D eigenvalue weighted by Crippen LogP contribution is -1.71. The van der Waals surface area contributed by atoms with E-state index in [2.05, 4.69) is 4.78 Å². The summed E-state index contributed by atoms with van der Waals surface area (Å²) in [5.41, 5.74) is 5.89. The van der Waals surface area contributed by atoms with Crippen LogP contribution in [0.2, 0.25) is 0 Å². The van der Waals surface area contributed by atoms with Crippen LogP contribution < -0.4 is 0 Å². The van der Waals surface area contributed by atoms with Crippen molar-refractivity contribution >= 4 is 9.92 Å². The zero-order valence-corrected chi connectivity index (χ0v) is 3.52. The Balaban J connectivity index is 2.30. The van der Waals surface area contributed by atoms with Crippen LogP contribution >= 0.6 is 0 Å². The summed E-state index contributed by atoms with van der Waals surface area (Å²) in [4.78, 5) is 7.66. The molecule has 0 spiro atoms. The predicted molar refractivity (Wildman–Crippen MR) is 15.9 cm³/mol. The second-order valence-corrected chi connectivity index (χ2v) is 0.899. The molecule has 0 amide bonds. The molecule has 0 aliphatic carbocycles. The molecule has 0 aromatic carbocycles. The van der Waals surface area contributed by atoms with E-state index >= 15 is 0 Å². The van der Waals surface area contributed by atoms with Crippen LogP contribution in [0.15, 0.2) is 4.78 Å². The van der Waals surface area contributed by atoms with Crippen molar-refractivity contribution in [1.82, 2.24) is 0 Å². The molecule has 4 heteroatoms. The molecule has 0 aromatic heterocycles. The maximum Gasteiger partial charge on any atom is 0.310 e. The van der Waals surface area contributed by atoms with E-state index in [1.165, 1.54) is 0 Å². The van der Waals surface area contributed by atoms with Gasteiger partial charge in [-0.3, -0.25) is 0 Å². The Labute approximate surface area is 26.2 Å². The van der Waals surface area contributed by atoms with Gasteiger partial charge in [-0.25, -0.2) is 10.3 Å². The van der Waals surface area contributed by atoms with Crippen molar-refractivity contribution < 1.29 is 4.80 Å². The fraction of sp³-hybridized carbons (Fsp3) is 0. The number of hydrogen-bond donors (Lipinski definition) is 2. The van der Waals surface area contributed by atoms with Crippen LogP contribution in [0.5, 0.6) is 0 Å². The summed E-state index contributed by atoms with van der Waals surface area (Å²) in [7, 11) is -1.28. The van der Waals surface area contributed by atoms with Crippen molar-refractivity contribution in [3.8, 4) is 0 Å². The van der Waals surface area contributed by atoms with Gasteiger partial charge in [0, 0.05) is 0 Å². The Bertz CT molecular complexity index is 20.0. The van der Waals surface area contributed by atoms with E-state index in [9.17, 15) is 0 Å². The first-order valence-electron chi connectivity index (χ1n) is 0.856. The summed E-state index contributed by atoms with van der Waals surface area (Å²) < 4.78 is 2.68. The van der Waals surface area contributed by atoms with Crippen LogP contribution in [0.4, 0.5) is 0 Å². The molecule has 0 saturated heterocycles. The standard InChI is InChI=1S/H4N2OSi/c1-2-4-3/h1,3H,4H2. The molecular weight excluding hydrogens is 72.1 g/mol. The van der Waals surface area contributed by atoms with Crippen LogP contribution in [0.3, 0.4) is 0 Å². The predicted octanol–water partition coefficient (Wildman–Crippen LogP) is -0.992. The van der Waals surface area contributed by atoms with Crippen LogP contribution in [0.25, 0.3) is 0 Å². The molecule has 0 unspecified atom stereocenters. The third-order valence-corrected chi connectivity index (χ3v) is 0.212. The monoisotopic (exact) mass is 76.0 g/mol. The summed E-state index contributed by atoms with van der Waals surface area (Å²) in [6, 6.07) is 0. The maximum atomic E-state index is 7.66. The quantitative estimate of drug-likeness (QED) is 0.306. The largest absolute Gasteiger partial charge is 0.418 e. The van der Waals surface area contributed by atoms with Crippen molar-refractivity contribution in [2.24, 2.45) is 4.78 Å². The van der Waals surface area contributed by atoms with E-state index < -0.39 is 9.92 Å². The lowest BCUT2D eigenvalue weighted by molar-refractivity contribution is 0.599. The van der Waals surface area contributed by atoms with Crippen molar-refractivity contribution in [2.45, 2.75) is 0 Å². The molecular formula is H4N2OSi. The number of hydrogen-bond acceptors (Lipinski definition) is 3. The highest BCUT2D eigenvalue weighted by atomic mass is 28.2. The summed E-state index contributed by atoms with van der Waals surface area (Å²) in [6.07, 6.45) is 0.